The number of sulfonamides is 1. The molecule has 0 saturated heterocycles. The lowest BCUT2D eigenvalue weighted by atomic mass is 9.98. The fourth-order valence-electron chi connectivity index (χ4n) is 3.63. The van der Waals surface area contributed by atoms with Gasteiger partial charge in [-0.2, -0.15) is 0 Å². The quantitative estimate of drug-likeness (QED) is 0.911. The van der Waals surface area contributed by atoms with Gasteiger partial charge in [0.15, 0.2) is 5.82 Å². The van der Waals surface area contributed by atoms with Crippen molar-refractivity contribution >= 4 is 16.1 Å². The molecule has 2 aliphatic rings. The van der Waals surface area contributed by atoms with Crippen LogP contribution in [-0.2, 0) is 29.4 Å². The van der Waals surface area contributed by atoms with Crippen LogP contribution in [0.5, 0.6) is 0 Å². The summed E-state index contributed by atoms with van der Waals surface area (Å²) in [5, 5.41) is 8.44. The first kappa shape index (κ1) is 16.5. The zero-order valence-corrected chi connectivity index (χ0v) is 15.1. The molecule has 0 radical (unpaired) electrons. The van der Waals surface area contributed by atoms with E-state index in [4.69, 9.17) is 0 Å². The highest BCUT2D eigenvalue weighted by atomic mass is 32.2. The number of benzene rings is 1. The van der Waals surface area contributed by atoms with Gasteiger partial charge in [0.05, 0.1) is 10.9 Å². The summed E-state index contributed by atoms with van der Waals surface area (Å²) in [6.07, 6.45) is 6.17. The molecule has 0 fully saturated rings. The van der Waals surface area contributed by atoms with E-state index in [1.165, 1.54) is 5.56 Å². The Balaban J connectivity index is 1.58. The highest BCUT2D eigenvalue weighted by molar-refractivity contribution is 7.93. The van der Waals surface area contributed by atoms with Gasteiger partial charge in [-0.1, -0.05) is 24.3 Å². The Morgan fingerprint density at radius 2 is 1.96 bits per heavy atom. The molecular weight excluding hydrogens is 336 g/mol. The molecule has 1 aliphatic heterocycles. The summed E-state index contributed by atoms with van der Waals surface area (Å²) in [6.45, 7) is 2.70. The summed E-state index contributed by atoms with van der Waals surface area (Å²) in [7, 11) is -3.55. The highest BCUT2D eigenvalue weighted by Gasteiger charge is 2.27. The van der Waals surface area contributed by atoms with E-state index in [2.05, 4.69) is 19.5 Å². The molecular formula is C18H22N4O2S. The molecule has 132 valence electrons. The number of allylic oxidation sites excluding steroid dienone is 1. The lowest BCUT2D eigenvalue weighted by molar-refractivity contribution is 0.486. The summed E-state index contributed by atoms with van der Waals surface area (Å²) in [5.41, 5.74) is 2.18. The molecule has 0 bridgehead atoms. The molecule has 2 heterocycles. The number of nitrogens with zero attached hydrogens (tertiary/aromatic N) is 3. The third-order valence-corrected chi connectivity index (χ3v) is 6.64. The zero-order chi connectivity index (χ0) is 17.4. The number of hydrogen-bond donors (Lipinski definition) is 1. The monoisotopic (exact) mass is 358 g/mol. The molecule has 0 amide bonds. The van der Waals surface area contributed by atoms with Crippen molar-refractivity contribution in [1.82, 2.24) is 19.5 Å². The Bertz CT molecular complexity index is 930. The van der Waals surface area contributed by atoms with Crippen LogP contribution in [0, 0.1) is 0 Å². The second kappa shape index (κ2) is 6.38. The minimum absolute atomic E-state index is 0.401. The molecule has 1 atom stereocenters. The molecule has 0 saturated carbocycles. The van der Waals surface area contributed by atoms with Crippen molar-refractivity contribution in [3.63, 3.8) is 0 Å². The summed E-state index contributed by atoms with van der Waals surface area (Å²) in [5.74, 6) is 1.66. The van der Waals surface area contributed by atoms with Crippen LogP contribution in [0.2, 0.25) is 0 Å². The number of hydrogen-bond acceptors (Lipinski definition) is 4. The Morgan fingerprint density at radius 1 is 1.12 bits per heavy atom. The predicted octanol–water partition coefficient (Wildman–Crippen LogP) is 2.58. The molecule has 0 spiro atoms. The summed E-state index contributed by atoms with van der Waals surface area (Å²) >= 11 is 0. The summed E-state index contributed by atoms with van der Waals surface area (Å²) in [6, 6.07) is 7.53. The Kier molecular flexibility index (Phi) is 4.21. The SMILES string of the molecule is CC(NS(=O)(=O)C1=Cc2ccccc2CC1)c1nnc2n1CCCC2. The molecule has 2 aromatic rings. The molecule has 1 N–H and O–H groups in total. The average Bonchev–Trinajstić information content (AvgIpc) is 3.05. The molecule has 1 aliphatic carbocycles. The Hall–Kier alpha value is -1.99. The number of rotatable bonds is 4. The van der Waals surface area contributed by atoms with Crippen LogP contribution in [0.25, 0.3) is 6.08 Å². The van der Waals surface area contributed by atoms with Gasteiger partial charge in [0, 0.05) is 13.0 Å². The standard InChI is InChI=1S/C18H22N4O2S/c1-13(18-20-19-17-8-4-5-11-22(17)18)21-25(23,24)16-10-9-14-6-2-3-7-15(14)12-16/h2-3,6-7,12-13,21H,4-5,8-11H2,1H3. The zero-order valence-electron chi connectivity index (χ0n) is 14.3. The van der Waals surface area contributed by atoms with Crippen molar-refractivity contribution < 1.29 is 8.42 Å². The van der Waals surface area contributed by atoms with Crippen LogP contribution in [0.3, 0.4) is 0 Å². The first-order valence-corrected chi connectivity index (χ1v) is 10.3. The van der Waals surface area contributed by atoms with Gasteiger partial charge >= 0.3 is 0 Å². The van der Waals surface area contributed by atoms with E-state index < -0.39 is 16.1 Å². The number of fused-ring (bicyclic) bond motifs is 2. The largest absolute Gasteiger partial charge is 0.314 e. The van der Waals surface area contributed by atoms with Crippen LogP contribution < -0.4 is 4.72 Å². The van der Waals surface area contributed by atoms with Crippen molar-refractivity contribution in [3.05, 3.63) is 51.9 Å². The second-order valence-corrected chi connectivity index (χ2v) is 8.50. The smallest absolute Gasteiger partial charge is 0.237 e. The van der Waals surface area contributed by atoms with Gasteiger partial charge in [-0.15, -0.1) is 10.2 Å². The molecule has 25 heavy (non-hydrogen) atoms. The van der Waals surface area contributed by atoms with Crippen molar-refractivity contribution in [1.29, 1.82) is 0 Å². The number of aromatic nitrogens is 3. The van der Waals surface area contributed by atoms with Crippen molar-refractivity contribution in [2.45, 2.75) is 51.6 Å². The van der Waals surface area contributed by atoms with Crippen molar-refractivity contribution in [2.75, 3.05) is 0 Å². The van der Waals surface area contributed by atoms with Gasteiger partial charge in [-0.3, -0.25) is 0 Å². The second-order valence-electron chi connectivity index (χ2n) is 6.74. The van der Waals surface area contributed by atoms with Crippen molar-refractivity contribution in [2.24, 2.45) is 0 Å². The van der Waals surface area contributed by atoms with E-state index in [1.54, 1.807) is 6.08 Å². The lowest BCUT2D eigenvalue weighted by Gasteiger charge is -2.21. The molecule has 7 heteroatoms. The average molecular weight is 358 g/mol. The molecule has 6 nitrogen and oxygen atoms in total. The van der Waals surface area contributed by atoms with Crippen LogP contribution >= 0.6 is 0 Å². The number of nitrogens with one attached hydrogen (secondary N) is 1. The van der Waals surface area contributed by atoms with E-state index in [1.807, 2.05) is 31.2 Å². The molecule has 1 aromatic carbocycles. The predicted molar refractivity (Wildman–Crippen MR) is 96.2 cm³/mol. The third-order valence-electron chi connectivity index (χ3n) is 4.96. The topological polar surface area (TPSA) is 76.9 Å². The third kappa shape index (κ3) is 3.14. The maximum Gasteiger partial charge on any atom is 0.237 e. The van der Waals surface area contributed by atoms with Gasteiger partial charge in [-0.25, -0.2) is 13.1 Å². The van der Waals surface area contributed by atoms with E-state index in [-0.39, 0.29) is 0 Å². The normalized spacial score (nSPS) is 18.2. The summed E-state index contributed by atoms with van der Waals surface area (Å²) in [4.78, 5) is 0.441. The lowest BCUT2D eigenvalue weighted by Crippen LogP contribution is -2.31. The van der Waals surface area contributed by atoms with E-state index in [9.17, 15) is 8.42 Å². The van der Waals surface area contributed by atoms with Gasteiger partial charge in [0.25, 0.3) is 0 Å². The van der Waals surface area contributed by atoms with Crippen LogP contribution in [0.4, 0.5) is 0 Å². The van der Waals surface area contributed by atoms with Crippen LogP contribution in [0.15, 0.2) is 29.2 Å². The van der Waals surface area contributed by atoms with Gasteiger partial charge in [0.2, 0.25) is 10.0 Å². The van der Waals surface area contributed by atoms with Crippen molar-refractivity contribution in [3.8, 4) is 0 Å². The van der Waals surface area contributed by atoms with E-state index in [0.29, 0.717) is 17.2 Å². The van der Waals surface area contributed by atoms with E-state index >= 15 is 0 Å². The maximum absolute atomic E-state index is 12.8. The minimum Gasteiger partial charge on any atom is -0.314 e. The number of aryl methyl sites for hydroxylation is 2. The van der Waals surface area contributed by atoms with Gasteiger partial charge < -0.3 is 4.57 Å². The Labute approximate surface area is 148 Å². The molecule has 1 aromatic heterocycles. The van der Waals surface area contributed by atoms with Gasteiger partial charge in [0.1, 0.15) is 5.82 Å². The van der Waals surface area contributed by atoms with Crippen LogP contribution in [-0.4, -0.2) is 23.2 Å². The molecule has 4 rings (SSSR count). The maximum atomic E-state index is 12.8. The first-order chi connectivity index (χ1) is 12.0. The molecule has 1 unspecified atom stereocenters. The Morgan fingerprint density at radius 3 is 2.84 bits per heavy atom. The first-order valence-electron chi connectivity index (χ1n) is 8.77. The van der Waals surface area contributed by atoms with Gasteiger partial charge in [-0.05, 0) is 49.8 Å². The highest BCUT2D eigenvalue weighted by Crippen LogP contribution is 2.28. The fraction of sp³-hybridized carbons (Fsp3) is 0.444. The minimum atomic E-state index is -3.55. The summed E-state index contributed by atoms with van der Waals surface area (Å²) < 4.78 is 30.5. The fourth-order valence-corrected chi connectivity index (χ4v) is 5.01. The van der Waals surface area contributed by atoms with E-state index in [0.717, 1.165) is 43.6 Å². The van der Waals surface area contributed by atoms with Crippen LogP contribution in [0.1, 0.15) is 55.0 Å².